The molecule has 0 aliphatic carbocycles. The number of halogens is 1. The molecule has 2 aromatic heterocycles. The maximum absolute atomic E-state index is 12.0. The fourth-order valence-electron chi connectivity index (χ4n) is 2.24. The zero-order chi connectivity index (χ0) is 19.2. The number of carbonyl (C=O) groups excluding carboxylic acids is 2. The van der Waals surface area contributed by atoms with Gasteiger partial charge in [0.05, 0.1) is 6.54 Å². The third-order valence-electron chi connectivity index (χ3n) is 3.54. The lowest BCUT2D eigenvalue weighted by molar-refractivity contribution is -0.608. The van der Waals surface area contributed by atoms with E-state index in [1.807, 2.05) is 18.2 Å². The van der Waals surface area contributed by atoms with E-state index < -0.39 is 18.5 Å². The van der Waals surface area contributed by atoms with E-state index in [4.69, 9.17) is 16.3 Å². The number of ether oxygens (including phenoxy) is 1. The highest BCUT2D eigenvalue weighted by molar-refractivity contribution is 7.07. The molecule has 0 saturated carbocycles. The molecule has 0 saturated heterocycles. The Morgan fingerprint density at radius 3 is 2.78 bits per heavy atom. The molecule has 1 aromatic carbocycles. The topological polar surface area (TPSA) is 87.6 Å². The molecule has 0 aliphatic heterocycles. The van der Waals surface area contributed by atoms with E-state index in [0.717, 1.165) is 5.56 Å². The molecular formula is C18H14ClN3O4S. The highest BCUT2D eigenvalue weighted by atomic mass is 35.5. The minimum absolute atomic E-state index is 0.199. The molecule has 2 heterocycles. The molecule has 0 spiro atoms. The average Bonchev–Trinajstić information content (AvgIpc) is 3.08. The second kappa shape index (κ2) is 8.61. The number of aromatic nitrogens is 2. The maximum Gasteiger partial charge on any atom is 0.405 e. The van der Waals surface area contributed by atoms with Crippen molar-refractivity contribution in [1.29, 1.82) is 0 Å². The molecule has 0 bridgehead atoms. The van der Waals surface area contributed by atoms with Gasteiger partial charge in [0.15, 0.2) is 17.6 Å². The van der Waals surface area contributed by atoms with Gasteiger partial charge < -0.3 is 14.5 Å². The summed E-state index contributed by atoms with van der Waals surface area (Å²) in [4.78, 5) is 28.3. The Labute approximate surface area is 163 Å². The smallest absolute Gasteiger partial charge is 0.405 e. The maximum atomic E-state index is 12.0. The van der Waals surface area contributed by atoms with E-state index in [1.54, 1.807) is 22.2 Å². The van der Waals surface area contributed by atoms with Crippen molar-refractivity contribution in [3.8, 4) is 0 Å². The number of carbonyl (C=O) groups is 2. The standard InChI is InChI=1S/C18H14ClN3O4S/c19-14-6-2-1-5-13(14)11-21-9-10-27-18(21)20-16(23)12-26-17(24)15-7-3-4-8-22(15)25/h1-10H,11-12H2. The Kier molecular flexibility index (Phi) is 6.00. The third-order valence-corrected chi connectivity index (χ3v) is 4.70. The minimum atomic E-state index is -0.885. The van der Waals surface area contributed by atoms with Crippen molar-refractivity contribution in [2.24, 2.45) is 4.99 Å². The van der Waals surface area contributed by atoms with Gasteiger partial charge in [-0.2, -0.15) is 9.72 Å². The van der Waals surface area contributed by atoms with Crippen molar-refractivity contribution in [2.45, 2.75) is 6.54 Å². The van der Waals surface area contributed by atoms with Gasteiger partial charge in [-0.15, -0.1) is 11.3 Å². The lowest BCUT2D eigenvalue weighted by Crippen LogP contribution is -2.35. The van der Waals surface area contributed by atoms with Crippen LogP contribution in [0.3, 0.4) is 0 Å². The van der Waals surface area contributed by atoms with Crippen molar-refractivity contribution in [1.82, 2.24) is 4.57 Å². The van der Waals surface area contributed by atoms with Gasteiger partial charge in [-0.25, -0.2) is 4.79 Å². The molecule has 9 heteroatoms. The third kappa shape index (κ3) is 4.81. The van der Waals surface area contributed by atoms with Gasteiger partial charge in [0, 0.05) is 28.7 Å². The number of rotatable bonds is 5. The Balaban J connectivity index is 1.68. The molecule has 3 rings (SSSR count). The normalized spacial score (nSPS) is 11.4. The van der Waals surface area contributed by atoms with Gasteiger partial charge in [0.2, 0.25) is 0 Å². The predicted octanol–water partition coefficient (Wildman–Crippen LogP) is 2.17. The van der Waals surface area contributed by atoms with Gasteiger partial charge in [-0.05, 0) is 17.7 Å². The minimum Gasteiger partial charge on any atom is -0.618 e. The Morgan fingerprint density at radius 2 is 2.00 bits per heavy atom. The van der Waals surface area contributed by atoms with Crippen LogP contribution in [0.25, 0.3) is 0 Å². The molecule has 0 fully saturated rings. The van der Waals surface area contributed by atoms with Crippen LogP contribution in [-0.4, -0.2) is 23.1 Å². The first-order valence-corrected chi connectivity index (χ1v) is 9.10. The number of pyridine rings is 1. The van der Waals surface area contributed by atoms with Crippen molar-refractivity contribution in [3.05, 3.63) is 86.5 Å². The van der Waals surface area contributed by atoms with E-state index >= 15 is 0 Å². The summed E-state index contributed by atoms with van der Waals surface area (Å²) in [6.45, 7) is -0.104. The van der Waals surface area contributed by atoms with Crippen LogP contribution >= 0.6 is 22.9 Å². The van der Waals surface area contributed by atoms with Crippen LogP contribution in [0.2, 0.25) is 5.02 Å². The second-order valence-electron chi connectivity index (χ2n) is 5.40. The Hall–Kier alpha value is -2.97. The number of hydrogen-bond acceptors (Lipinski definition) is 5. The van der Waals surface area contributed by atoms with Crippen LogP contribution in [0, 0.1) is 5.21 Å². The van der Waals surface area contributed by atoms with Crippen LogP contribution in [0.1, 0.15) is 16.1 Å². The van der Waals surface area contributed by atoms with Crippen molar-refractivity contribution < 1.29 is 19.1 Å². The van der Waals surface area contributed by atoms with Crippen molar-refractivity contribution >= 4 is 34.8 Å². The van der Waals surface area contributed by atoms with Crippen LogP contribution in [0.15, 0.2) is 65.2 Å². The number of thiazole rings is 1. The number of hydrogen-bond donors (Lipinski definition) is 0. The first-order valence-electron chi connectivity index (χ1n) is 7.85. The quantitative estimate of drug-likeness (QED) is 0.371. The lowest BCUT2D eigenvalue weighted by atomic mass is 10.2. The summed E-state index contributed by atoms with van der Waals surface area (Å²) in [7, 11) is 0. The number of amides is 1. The summed E-state index contributed by atoms with van der Waals surface area (Å²) in [5, 5.41) is 13.9. The molecule has 138 valence electrons. The molecule has 0 N–H and O–H groups in total. The monoisotopic (exact) mass is 403 g/mol. The zero-order valence-corrected chi connectivity index (χ0v) is 15.5. The molecule has 3 aromatic rings. The van der Waals surface area contributed by atoms with E-state index in [9.17, 15) is 14.8 Å². The largest absolute Gasteiger partial charge is 0.618 e. The second-order valence-corrected chi connectivity index (χ2v) is 6.68. The highest BCUT2D eigenvalue weighted by Crippen LogP contribution is 2.15. The van der Waals surface area contributed by atoms with Crippen LogP contribution in [-0.2, 0) is 16.1 Å². The van der Waals surface area contributed by atoms with Gasteiger partial charge in [0.25, 0.3) is 5.91 Å². The SMILES string of the molecule is O=C(COC(=O)c1cccc[n+]1[O-])N=c1sccn1Cc1ccccc1Cl. The average molecular weight is 404 g/mol. The first kappa shape index (κ1) is 18.8. The van der Waals surface area contributed by atoms with E-state index in [0.29, 0.717) is 21.1 Å². The van der Waals surface area contributed by atoms with Gasteiger partial charge >= 0.3 is 11.7 Å². The summed E-state index contributed by atoms with van der Waals surface area (Å²) in [5.41, 5.74) is 0.692. The fraction of sp³-hybridized carbons (Fsp3) is 0.111. The summed E-state index contributed by atoms with van der Waals surface area (Å²) < 4.78 is 7.02. The van der Waals surface area contributed by atoms with E-state index in [-0.39, 0.29) is 5.69 Å². The van der Waals surface area contributed by atoms with E-state index in [2.05, 4.69) is 4.99 Å². The number of nitrogens with zero attached hydrogens (tertiary/aromatic N) is 3. The van der Waals surface area contributed by atoms with Gasteiger partial charge in [-0.1, -0.05) is 29.8 Å². The van der Waals surface area contributed by atoms with Crippen LogP contribution in [0.5, 0.6) is 0 Å². The number of benzene rings is 1. The summed E-state index contributed by atoms with van der Waals surface area (Å²) >= 11 is 7.44. The van der Waals surface area contributed by atoms with Crippen molar-refractivity contribution in [2.75, 3.05) is 6.61 Å². The zero-order valence-electron chi connectivity index (χ0n) is 13.9. The predicted molar refractivity (Wildman–Crippen MR) is 99.1 cm³/mol. The molecule has 1 amide bonds. The Morgan fingerprint density at radius 1 is 1.22 bits per heavy atom. The molecule has 0 radical (unpaired) electrons. The fourth-order valence-corrected chi connectivity index (χ4v) is 3.18. The van der Waals surface area contributed by atoms with Gasteiger partial charge in [-0.3, -0.25) is 4.79 Å². The molecule has 0 unspecified atom stereocenters. The molecule has 7 nitrogen and oxygen atoms in total. The van der Waals surface area contributed by atoms with Crippen LogP contribution < -0.4 is 9.53 Å². The summed E-state index contributed by atoms with van der Waals surface area (Å²) in [6.07, 6.45) is 2.96. The molecule has 0 aliphatic rings. The summed E-state index contributed by atoms with van der Waals surface area (Å²) in [6, 6.07) is 11.7. The Bertz CT molecular complexity index is 1040. The highest BCUT2D eigenvalue weighted by Gasteiger charge is 2.18. The van der Waals surface area contributed by atoms with Crippen molar-refractivity contribution in [3.63, 3.8) is 0 Å². The van der Waals surface area contributed by atoms with Gasteiger partial charge in [0.1, 0.15) is 0 Å². The molecule has 0 atom stereocenters. The lowest BCUT2D eigenvalue weighted by Gasteiger charge is -2.05. The van der Waals surface area contributed by atoms with E-state index in [1.165, 1.54) is 35.7 Å². The number of esters is 1. The van der Waals surface area contributed by atoms with Crippen LogP contribution in [0.4, 0.5) is 0 Å². The molecular weight excluding hydrogens is 390 g/mol. The first-order chi connectivity index (χ1) is 13.0. The summed E-state index contributed by atoms with van der Waals surface area (Å²) in [5.74, 6) is -1.52. The molecule has 27 heavy (non-hydrogen) atoms.